The van der Waals surface area contributed by atoms with Gasteiger partial charge in [-0.1, -0.05) is 6.07 Å². The van der Waals surface area contributed by atoms with E-state index in [-0.39, 0.29) is 11.6 Å². The molecule has 0 fully saturated rings. The number of benzene rings is 1. The van der Waals surface area contributed by atoms with Gasteiger partial charge in [0.1, 0.15) is 5.52 Å². The smallest absolute Gasteiger partial charge is 0.337 e. The van der Waals surface area contributed by atoms with Crippen LogP contribution in [0.15, 0.2) is 24.5 Å². The lowest BCUT2D eigenvalue weighted by atomic mass is 10.1. The van der Waals surface area contributed by atoms with Crippen LogP contribution in [0.3, 0.4) is 0 Å². The molecular formula is C15H15N3O2S. The number of imidazole rings is 1. The lowest BCUT2D eigenvalue weighted by Gasteiger charge is -2.13. The van der Waals surface area contributed by atoms with Gasteiger partial charge in [-0.2, -0.15) is 0 Å². The zero-order valence-corrected chi connectivity index (χ0v) is 12.8. The van der Waals surface area contributed by atoms with Gasteiger partial charge in [-0.05, 0) is 32.9 Å². The van der Waals surface area contributed by atoms with Crippen LogP contribution in [0.2, 0.25) is 0 Å². The predicted molar refractivity (Wildman–Crippen MR) is 82.1 cm³/mol. The highest BCUT2D eigenvalue weighted by molar-refractivity contribution is 7.11. The summed E-state index contributed by atoms with van der Waals surface area (Å²) in [5, 5.41) is 10.3. The van der Waals surface area contributed by atoms with Crippen molar-refractivity contribution in [2.24, 2.45) is 0 Å². The van der Waals surface area contributed by atoms with Gasteiger partial charge < -0.3 is 9.67 Å². The highest BCUT2D eigenvalue weighted by Crippen LogP contribution is 2.30. The molecule has 2 aromatic heterocycles. The molecule has 108 valence electrons. The largest absolute Gasteiger partial charge is 0.478 e. The number of carboxylic acid groups (broad SMARTS) is 1. The van der Waals surface area contributed by atoms with Crippen molar-refractivity contribution >= 4 is 28.3 Å². The van der Waals surface area contributed by atoms with Crippen LogP contribution in [0, 0.1) is 13.8 Å². The number of carboxylic acids is 1. The zero-order valence-electron chi connectivity index (χ0n) is 12.0. The van der Waals surface area contributed by atoms with E-state index in [1.54, 1.807) is 29.8 Å². The summed E-state index contributed by atoms with van der Waals surface area (Å²) in [7, 11) is 0. The molecule has 0 bridgehead atoms. The van der Waals surface area contributed by atoms with Crippen LogP contribution in [-0.2, 0) is 0 Å². The maximum atomic E-state index is 11.3. The van der Waals surface area contributed by atoms with Gasteiger partial charge in [-0.3, -0.25) is 0 Å². The van der Waals surface area contributed by atoms with Gasteiger partial charge in [0, 0.05) is 0 Å². The number of aryl methyl sites for hydroxylation is 2. The molecule has 0 amide bonds. The van der Waals surface area contributed by atoms with Crippen molar-refractivity contribution < 1.29 is 9.90 Å². The summed E-state index contributed by atoms with van der Waals surface area (Å²) in [6, 6.07) is 5.30. The Kier molecular flexibility index (Phi) is 3.25. The Morgan fingerprint density at radius 1 is 1.38 bits per heavy atom. The van der Waals surface area contributed by atoms with Gasteiger partial charge in [0.2, 0.25) is 0 Å². The molecule has 0 saturated heterocycles. The average molecular weight is 301 g/mol. The third-order valence-electron chi connectivity index (χ3n) is 3.57. The van der Waals surface area contributed by atoms with Gasteiger partial charge in [-0.15, -0.1) is 11.3 Å². The van der Waals surface area contributed by atoms with Gasteiger partial charge in [0.05, 0.1) is 39.0 Å². The van der Waals surface area contributed by atoms with Gasteiger partial charge in [0.15, 0.2) is 0 Å². The van der Waals surface area contributed by atoms with E-state index in [2.05, 4.69) is 16.9 Å². The van der Waals surface area contributed by atoms with Crippen LogP contribution in [0.1, 0.15) is 38.9 Å². The topological polar surface area (TPSA) is 68.0 Å². The number of thiazole rings is 1. The van der Waals surface area contributed by atoms with E-state index in [4.69, 9.17) is 0 Å². The van der Waals surface area contributed by atoms with Crippen LogP contribution >= 0.6 is 11.3 Å². The first-order valence-corrected chi connectivity index (χ1v) is 7.43. The molecule has 0 spiro atoms. The SMILES string of the molecule is Cc1nc(C)c(C(C)n2cnc3c(C(=O)O)cccc32)s1. The molecule has 1 aromatic carbocycles. The number of carbonyl (C=O) groups is 1. The van der Waals surface area contributed by atoms with E-state index in [0.29, 0.717) is 5.52 Å². The van der Waals surface area contributed by atoms with Gasteiger partial charge in [0.25, 0.3) is 0 Å². The monoisotopic (exact) mass is 301 g/mol. The molecule has 0 radical (unpaired) electrons. The second-order valence-corrected chi connectivity index (χ2v) is 6.22. The van der Waals surface area contributed by atoms with Crippen molar-refractivity contribution in [1.29, 1.82) is 0 Å². The first-order valence-electron chi connectivity index (χ1n) is 6.62. The fourth-order valence-electron chi connectivity index (χ4n) is 2.60. The molecule has 1 atom stereocenters. The second kappa shape index (κ2) is 4.96. The number of hydrogen-bond donors (Lipinski definition) is 1. The van der Waals surface area contributed by atoms with Crippen LogP contribution in [-0.4, -0.2) is 25.6 Å². The summed E-state index contributed by atoms with van der Waals surface area (Å²) in [5.41, 5.74) is 2.60. The lowest BCUT2D eigenvalue weighted by Crippen LogP contribution is -2.05. The quantitative estimate of drug-likeness (QED) is 0.805. The minimum atomic E-state index is -0.955. The van der Waals surface area contributed by atoms with Crippen molar-refractivity contribution in [3.8, 4) is 0 Å². The maximum absolute atomic E-state index is 11.3. The molecule has 1 unspecified atom stereocenters. The Morgan fingerprint density at radius 3 is 2.76 bits per heavy atom. The van der Waals surface area contributed by atoms with Gasteiger partial charge >= 0.3 is 5.97 Å². The van der Waals surface area contributed by atoms with E-state index < -0.39 is 5.97 Å². The molecule has 3 rings (SSSR count). The summed E-state index contributed by atoms with van der Waals surface area (Å²) in [6.45, 7) is 6.06. The van der Waals surface area contributed by atoms with Crippen molar-refractivity contribution in [3.05, 3.63) is 45.7 Å². The Hall–Kier alpha value is -2.21. The Morgan fingerprint density at radius 2 is 2.14 bits per heavy atom. The summed E-state index contributed by atoms with van der Waals surface area (Å²) in [4.78, 5) is 21.2. The number of hydrogen-bond acceptors (Lipinski definition) is 4. The molecule has 0 aliphatic carbocycles. The van der Waals surface area contributed by atoms with Crippen molar-refractivity contribution in [3.63, 3.8) is 0 Å². The highest BCUT2D eigenvalue weighted by Gasteiger charge is 2.19. The molecule has 0 saturated carbocycles. The molecule has 21 heavy (non-hydrogen) atoms. The van der Waals surface area contributed by atoms with Crippen LogP contribution in [0.25, 0.3) is 11.0 Å². The number of fused-ring (bicyclic) bond motifs is 1. The Labute approximate surface area is 125 Å². The number of rotatable bonds is 3. The third kappa shape index (κ3) is 2.21. The fourth-order valence-corrected chi connectivity index (χ4v) is 3.58. The first-order chi connectivity index (χ1) is 9.99. The summed E-state index contributed by atoms with van der Waals surface area (Å²) >= 11 is 1.66. The minimum Gasteiger partial charge on any atom is -0.478 e. The van der Waals surface area contributed by atoms with Crippen molar-refractivity contribution in [1.82, 2.24) is 14.5 Å². The first kappa shape index (κ1) is 13.8. The second-order valence-electron chi connectivity index (χ2n) is 4.99. The molecular weight excluding hydrogens is 286 g/mol. The molecule has 5 nitrogen and oxygen atoms in total. The molecule has 3 aromatic rings. The van der Waals surface area contributed by atoms with E-state index in [9.17, 15) is 9.90 Å². The van der Waals surface area contributed by atoms with E-state index >= 15 is 0 Å². The molecule has 2 heterocycles. The highest BCUT2D eigenvalue weighted by atomic mass is 32.1. The molecule has 0 aliphatic heterocycles. The van der Waals surface area contributed by atoms with E-state index in [0.717, 1.165) is 16.2 Å². The third-order valence-corrected chi connectivity index (χ3v) is 4.81. The Balaban J connectivity index is 2.15. The standard InChI is InChI=1S/C15H15N3O2S/c1-8-14(21-10(3)17-8)9(2)18-7-16-13-11(15(19)20)5-4-6-12(13)18/h4-7,9H,1-3H3,(H,19,20). The molecule has 1 N–H and O–H groups in total. The minimum absolute atomic E-state index is 0.0743. The summed E-state index contributed by atoms with van der Waals surface area (Å²) in [5.74, 6) is -0.955. The number of aromatic carboxylic acids is 1. The molecule has 6 heteroatoms. The van der Waals surface area contributed by atoms with Crippen LogP contribution in [0.5, 0.6) is 0 Å². The average Bonchev–Trinajstić information content (AvgIpc) is 3.00. The normalized spacial score (nSPS) is 12.7. The maximum Gasteiger partial charge on any atom is 0.337 e. The molecule has 0 aliphatic rings. The van der Waals surface area contributed by atoms with E-state index in [1.165, 1.54) is 4.88 Å². The van der Waals surface area contributed by atoms with Gasteiger partial charge in [-0.25, -0.2) is 14.8 Å². The fraction of sp³-hybridized carbons (Fsp3) is 0.267. The Bertz CT molecular complexity index is 835. The predicted octanol–water partition coefficient (Wildman–Crippen LogP) is 3.42. The van der Waals surface area contributed by atoms with E-state index in [1.807, 2.05) is 24.5 Å². The lowest BCUT2D eigenvalue weighted by molar-refractivity contribution is 0.0699. The number of nitrogens with zero attached hydrogens (tertiary/aromatic N) is 3. The van der Waals surface area contributed by atoms with Crippen molar-refractivity contribution in [2.45, 2.75) is 26.8 Å². The number of aromatic nitrogens is 3. The summed E-state index contributed by atoms with van der Waals surface area (Å²) < 4.78 is 2.00. The van der Waals surface area contributed by atoms with Crippen molar-refractivity contribution in [2.75, 3.05) is 0 Å². The summed E-state index contributed by atoms with van der Waals surface area (Å²) in [6.07, 6.45) is 1.70. The number of para-hydroxylation sites is 1. The zero-order chi connectivity index (χ0) is 15.1. The van der Waals surface area contributed by atoms with Crippen LogP contribution < -0.4 is 0 Å². The van der Waals surface area contributed by atoms with Crippen LogP contribution in [0.4, 0.5) is 0 Å².